The highest BCUT2D eigenvalue weighted by Gasteiger charge is 2.40. The molecule has 2 heterocycles. The average molecular weight is 242 g/mol. The number of hydrogen-bond donors (Lipinski definition) is 2. The minimum atomic E-state index is -0.345. The van der Waals surface area contributed by atoms with E-state index in [1.54, 1.807) is 7.11 Å². The van der Waals surface area contributed by atoms with Crippen molar-refractivity contribution in [3.8, 4) is 0 Å². The number of amides is 1. The van der Waals surface area contributed by atoms with Crippen LogP contribution in [0, 0.1) is 5.41 Å². The lowest BCUT2D eigenvalue weighted by molar-refractivity contribution is -0.137. The van der Waals surface area contributed by atoms with E-state index in [-0.39, 0.29) is 17.4 Å². The van der Waals surface area contributed by atoms with Gasteiger partial charge in [-0.3, -0.25) is 4.79 Å². The quantitative estimate of drug-likeness (QED) is 0.723. The predicted octanol–water partition coefficient (Wildman–Crippen LogP) is -0.0923. The smallest absolute Gasteiger partial charge is 0.228 e. The van der Waals surface area contributed by atoms with Crippen LogP contribution >= 0.6 is 0 Å². The van der Waals surface area contributed by atoms with E-state index < -0.39 is 0 Å². The summed E-state index contributed by atoms with van der Waals surface area (Å²) in [4.78, 5) is 12.4. The van der Waals surface area contributed by atoms with Crippen molar-refractivity contribution in [3.05, 3.63) is 0 Å². The molecule has 2 fully saturated rings. The summed E-state index contributed by atoms with van der Waals surface area (Å²) in [5, 5.41) is 6.39. The minimum absolute atomic E-state index is 0.136. The van der Waals surface area contributed by atoms with E-state index in [0.717, 1.165) is 39.0 Å². The molecule has 1 amide bonds. The highest BCUT2D eigenvalue weighted by molar-refractivity contribution is 5.83. The number of methoxy groups -OCH3 is 1. The van der Waals surface area contributed by atoms with Crippen LogP contribution < -0.4 is 10.6 Å². The van der Waals surface area contributed by atoms with Crippen LogP contribution in [0.5, 0.6) is 0 Å². The first-order chi connectivity index (χ1) is 8.27. The Balaban J connectivity index is 1.96. The van der Waals surface area contributed by atoms with E-state index >= 15 is 0 Å². The van der Waals surface area contributed by atoms with Crippen molar-refractivity contribution in [2.24, 2.45) is 5.41 Å². The second-order valence-electron chi connectivity index (χ2n) is 5.00. The van der Waals surface area contributed by atoms with E-state index in [0.29, 0.717) is 13.2 Å². The Morgan fingerprint density at radius 2 is 2.29 bits per heavy atom. The molecule has 0 aromatic rings. The zero-order valence-electron chi connectivity index (χ0n) is 10.5. The van der Waals surface area contributed by atoms with E-state index in [1.165, 1.54) is 0 Å². The highest BCUT2D eigenvalue weighted by Crippen LogP contribution is 2.29. The molecule has 1 atom stereocenters. The van der Waals surface area contributed by atoms with Gasteiger partial charge in [-0.05, 0) is 32.4 Å². The van der Waals surface area contributed by atoms with Gasteiger partial charge in [-0.25, -0.2) is 0 Å². The highest BCUT2D eigenvalue weighted by atomic mass is 16.5. The molecule has 5 nitrogen and oxygen atoms in total. The maximum Gasteiger partial charge on any atom is 0.228 e. The van der Waals surface area contributed by atoms with Crippen LogP contribution in [-0.2, 0) is 14.3 Å². The molecule has 2 N–H and O–H groups in total. The molecule has 2 aliphatic heterocycles. The maximum absolute atomic E-state index is 12.4. The lowest BCUT2D eigenvalue weighted by Gasteiger charge is -2.36. The fraction of sp³-hybridized carbons (Fsp3) is 0.917. The average Bonchev–Trinajstić information content (AvgIpc) is 2.83. The Bertz CT molecular complexity index is 253. The maximum atomic E-state index is 12.4. The van der Waals surface area contributed by atoms with Crippen molar-refractivity contribution in [2.45, 2.75) is 25.3 Å². The second kappa shape index (κ2) is 5.80. The van der Waals surface area contributed by atoms with Gasteiger partial charge in [0.1, 0.15) is 0 Å². The monoisotopic (exact) mass is 242 g/mol. The van der Waals surface area contributed by atoms with Crippen molar-refractivity contribution in [2.75, 3.05) is 40.0 Å². The van der Waals surface area contributed by atoms with Crippen molar-refractivity contribution < 1.29 is 14.3 Å². The summed E-state index contributed by atoms with van der Waals surface area (Å²) in [6, 6.07) is 0.186. The molecule has 98 valence electrons. The summed E-state index contributed by atoms with van der Waals surface area (Å²) >= 11 is 0. The van der Waals surface area contributed by atoms with Gasteiger partial charge >= 0.3 is 0 Å². The van der Waals surface area contributed by atoms with Gasteiger partial charge in [0.15, 0.2) is 0 Å². The first kappa shape index (κ1) is 12.8. The van der Waals surface area contributed by atoms with Crippen molar-refractivity contribution >= 4 is 5.91 Å². The first-order valence-electron chi connectivity index (χ1n) is 6.35. The Hall–Kier alpha value is -0.650. The third kappa shape index (κ3) is 2.97. The summed E-state index contributed by atoms with van der Waals surface area (Å²) < 4.78 is 10.5. The Morgan fingerprint density at radius 3 is 2.88 bits per heavy atom. The fourth-order valence-electron chi connectivity index (χ4n) is 2.61. The van der Waals surface area contributed by atoms with E-state index in [4.69, 9.17) is 9.47 Å². The van der Waals surface area contributed by atoms with Crippen LogP contribution in [0.25, 0.3) is 0 Å². The Labute approximate surface area is 102 Å². The normalized spacial score (nSPS) is 27.9. The van der Waals surface area contributed by atoms with Crippen molar-refractivity contribution in [3.63, 3.8) is 0 Å². The van der Waals surface area contributed by atoms with E-state index in [9.17, 15) is 4.79 Å². The molecule has 0 bridgehead atoms. The summed E-state index contributed by atoms with van der Waals surface area (Å²) in [6.45, 7) is 3.68. The third-order valence-corrected chi connectivity index (χ3v) is 3.73. The molecule has 0 saturated carbocycles. The van der Waals surface area contributed by atoms with E-state index in [2.05, 4.69) is 10.6 Å². The molecule has 2 aliphatic rings. The third-order valence-electron chi connectivity index (χ3n) is 3.73. The van der Waals surface area contributed by atoms with Crippen molar-refractivity contribution in [1.29, 1.82) is 0 Å². The van der Waals surface area contributed by atoms with Crippen LogP contribution in [0.1, 0.15) is 19.3 Å². The molecule has 2 rings (SSSR count). The topological polar surface area (TPSA) is 59.6 Å². The standard InChI is InChI=1S/C12H22N2O3/c1-16-9-12(3-5-13-6-4-12)11(15)14-10-2-7-17-8-10/h10,13H,2-9H2,1H3,(H,14,15). The Morgan fingerprint density at radius 1 is 1.53 bits per heavy atom. The number of rotatable bonds is 4. The summed E-state index contributed by atoms with van der Waals surface area (Å²) in [5.41, 5.74) is -0.345. The van der Waals surface area contributed by atoms with Gasteiger partial charge in [-0.15, -0.1) is 0 Å². The first-order valence-corrected chi connectivity index (χ1v) is 6.35. The molecule has 2 saturated heterocycles. The van der Waals surface area contributed by atoms with Gasteiger partial charge in [0.2, 0.25) is 5.91 Å². The number of ether oxygens (including phenoxy) is 2. The van der Waals surface area contributed by atoms with E-state index in [1.807, 2.05) is 0 Å². The van der Waals surface area contributed by atoms with Gasteiger partial charge in [-0.1, -0.05) is 0 Å². The molecular formula is C12H22N2O3. The molecule has 0 aromatic heterocycles. The second-order valence-corrected chi connectivity index (χ2v) is 5.00. The zero-order chi connectivity index (χ0) is 12.1. The zero-order valence-corrected chi connectivity index (χ0v) is 10.5. The molecular weight excluding hydrogens is 220 g/mol. The van der Waals surface area contributed by atoms with Gasteiger partial charge in [0, 0.05) is 13.7 Å². The van der Waals surface area contributed by atoms with Crippen molar-refractivity contribution in [1.82, 2.24) is 10.6 Å². The van der Waals surface area contributed by atoms with Crippen LogP contribution in [-0.4, -0.2) is 52.0 Å². The largest absolute Gasteiger partial charge is 0.384 e. The summed E-state index contributed by atoms with van der Waals surface area (Å²) in [7, 11) is 1.66. The van der Waals surface area contributed by atoms with Crippen LogP contribution in [0.15, 0.2) is 0 Å². The van der Waals surface area contributed by atoms with Crippen LogP contribution in [0.4, 0.5) is 0 Å². The van der Waals surface area contributed by atoms with Gasteiger partial charge in [0.05, 0.1) is 24.7 Å². The molecule has 1 unspecified atom stereocenters. The molecule has 0 spiro atoms. The number of carbonyl (C=O) groups excluding carboxylic acids is 1. The fourth-order valence-corrected chi connectivity index (χ4v) is 2.61. The molecule has 5 heteroatoms. The lowest BCUT2D eigenvalue weighted by Crippen LogP contribution is -2.52. The summed E-state index contributed by atoms with van der Waals surface area (Å²) in [5.74, 6) is 0.136. The SMILES string of the molecule is COCC1(C(=O)NC2CCOC2)CCNCC1. The summed E-state index contributed by atoms with van der Waals surface area (Å²) in [6.07, 6.45) is 2.62. The number of nitrogens with one attached hydrogen (secondary N) is 2. The number of hydrogen-bond acceptors (Lipinski definition) is 4. The minimum Gasteiger partial charge on any atom is -0.384 e. The molecule has 0 aliphatic carbocycles. The van der Waals surface area contributed by atoms with Gasteiger partial charge in [0.25, 0.3) is 0 Å². The van der Waals surface area contributed by atoms with Gasteiger partial charge in [-0.2, -0.15) is 0 Å². The van der Waals surface area contributed by atoms with Crippen LogP contribution in [0.2, 0.25) is 0 Å². The van der Waals surface area contributed by atoms with Crippen LogP contribution in [0.3, 0.4) is 0 Å². The molecule has 0 radical (unpaired) electrons. The Kier molecular flexibility index (Phi) is 4.36. The predicted molar refractivity (Wildman–Crippen MR) is 63.8 cm³/mol. The number of piperidine rings is 1. The van der Waals surface area contributed by atoms with Gasteiger partial charge < -0.3 is 20.1 Å². The number of carbonyl (C=O) groups is 1. The lowest BCUT2D eigenvalue weighted by atomic mass is 9.78. The molecule has 0 aromatic carbocycles. The molecule has 17 heavy (non-hydrogen) atoms.